The number of furan rings is 2. The van der Waals surface area contributed by atoms with E-state index in [2.05, 4.69) is 66.8 Å². The zero-order valence-electron chi connectivity index (χ0n) is 16.0. The molecule has 0 unspecified atom stereocenters. The average Bonchev–Trinajstić information content (AvgIpc) is 3.35. The van der Waals surface area contributed by atoms with Gasteiger partial charge in [0.2, 0.25) is 0 Å². The van der Waals surface area contributed by atoms with Crippen LogP contribution in [0.2, 0.25) is 0 Å². The van der Waals surface area contributed by atoms with E-state index in [-0.39, 0.29) is 0 Å². The minimum atomic E-state index is 0.887. The molecule has 0 saturated heterocycles. The van der Waals surface area contributed by atoms with E-state index in [4.69, 9.17) is 8.83 Å². The summed E-state index contributed by atoms with van der Waals surface area (Å²) in [5.41, 5.74) is 5.92. The molecule has 6 rings (SSSR count). The van der Waals surface area contributed by atoms with Crippen LogP contribution < -0.4 is 4.57 Å². The molecule has 4 nitrogen and oxygen atoms in total. The maximum Gasteiger partial charge on any atom is 0.292 e. The third kappa shape index (κ3) is 1.87. The summed E-state index contributed by atoms with van der Waals surface area (Å²) in [6, 6.07) is 16.6. The first kappa shape index (κ1) is 15.5. The molecule has 0 spiro atoms. The summed E-state index contributed by atoms with van der Waals surface area (Å²) < 4.78 is 16.8. The van der Waals surface area contributed by atoms with E-state index < -0.39 is 0 Å². The Hall–Kier alpha value is -3.53. The van der Waals surface area contributed by atoms with Gasteiger partial charge in [0.1, 0.15) is 34.7 Å². The Labute approximate surface area is 161 Å². The fourth-order valence-corrected chi connectivity index (χ4v) is 4.46. The Morgan fingerprint density at radius 1 is 0.821 bits per heavy atom. The van der Waals surface area contributed by atoms with Crippen LogP contribution in [0.4, 0.5) is 0 Å². The van der Waals surface area contributed by atoms with Gasteiger partial charge in [0.15, 0.2) is 5.58 Å². The third-order valence-electron chi connectivity index (χ3n) is 5.76. The Kier molecular flexibility index (Phi) is 2.91. The summed E-state index contributed by atoms with van der Waals surface area (Å²) in [5.74, 6) is 1.12. The Morgan fingerprint density at radius 2 is 1.57 bits per heavy atom. The number of fused-ring (bicyclic) bond motifs is 7. The third-order valence-corrected chi connectivity index (χ3v) is 5.76. The molecule has 3 aromatic carbocycles. The van der Waals surface area contributed by atoms with E-state index in [0.29, 0.717) is 0 Å². The number of hydrogen-bond donors (Lipinski definition) is 0. The molecule has 4 heteroatoms. The second kappa shape index (κ2) is 5.26. The fraction of sp³-hybridized carbons (Fsp3) is 0.125. The van der Waals surface area contributed by atoms with Crippen molar-refractivity contribution in [3.63, 3.8) is 0 Å². The standard InChI is InChI=1S/C24H19N2O2/c1-14-8-9-16-22-19(28-23(16)20(14)24-25(2)12-13-26(24)3)11-10-18-21(22)15-6-4-5-7-17(15)27-18/h4-13H,1-3H3/q+1. The van der Waals surface area contributed by atoms with Crippen molar-refractivity contribution in [2.24, 2.45) is 14.1 Å². The lowest BCUT2D eigenvalue weighted by atomic mass is 10.0. The van der Waals surface area contributed by atoms with Crippen molar-refractivity contribution in [3.8, 4) is 11.4 Å². The molecule has 0 fully saturated rings. The molecule has 0 radical (unpaired) electrons. The molecule has 28 heavy (non-hydrogen) atoms. The molecular weight excluding hydrogens is 348 g/mol. The zero-order chi connectivity index (χ0) is 19.0. The number of para-hydroxylation sites is 1. The van der Waals surface area contributed by atoms with Gasteiger partial charge in [-0.25, -0.2) is 9.13 Å². The number of aromatic nitrogens is 2. The summed E-state index contributed by atoms with van der Waals surface area (Å²) >= 11 is 0. The maximum atomic E-state index is 6.46. The highest BCUT2D eigenvalue weighted by molar-refractivity contribution is 6.26. The fourth-order valence-electron chi connectivity index (χ4n) is 4.46. The molecule has 136 valence electrons. The van der Waals surface area contributed by atoms with Crippen molar-refractivity contribution in [1.29, 1.82) is 0 Å². The van der Waals surface area contributed by atoms with Gasteiger partial charge in [0, 0.05) is 21.5 Å². The number of imidazole rings is 1. The first-order valence-electron chi connectivity index (χ1n) is 9.41. The molecule has 3 heterocycles. The SMILES string of the molecule is Cc1ccc2c(oc3ccc4oc5ccccc5c4c32)c1-c1n(C)cc[n+]1C. The van der Waals surface area contributed by atoms with E-state index in [0.717, 1.165) is 55.3 Å². The molecule has 0 aliphatic rings. The monoisotopic (exact) mass is 367 g/mol. The van der Waals surface area contributed by atoms with E-state index in [9.17, 15) is 0 Å². The van der Waals surface area contributed by atoms with Crippen LogP contribution in [0.15, 0.2) is 69.8 Å². The highest BCUT2D eigenvalue weighted by Crippen LogP contribution is 2.42. The number of hydrogen-bond acceptors (Lipinski definition) is 2. The van der Waals surface area contributed by atoms with E-state index >= 15 is 0 Å². The first-order valence-corrected chi connectivity index (χ1v) is 9.41. The minimum absolute atomic E-state index is 0.887. The molecular formula is C24H19N2O2+. The molecule has 0 aliphatic heterocycles. The summed E-state index contributed by atoms with van der Waals surface area (Å²) in [4.78, 5) is 0. The van der Waals surface area contributed by atoms with Crippen LogP contribution in [0.3, 0.4) is 0 Å². The average molecular weight is 367 g/mol. The molecule has 0 aliphatic carbocycles. The van der Waals surface area contributed by atoms with E-state index in [1.807, 2.05) is 24.3 Å². The van der Waals surface area contributed by atoms with Crippen molar-refractivity contribution in [3.05, 3.63) is 66.5 Å². The van der Waals surface area contributed by atoms with Gasteiger partial charge in [-0.1, -0.05) is 30.3 Å². The van der Waals surface area contributed by atoms with Gasteiger partial charge in [-0.05, 0) is 30.7 Å². The second-order valence-corrected chi connectivity index (χ2v) is 7.49. The summed E-state index contributed by atoms with van der Waals surface area (Å²) in [6.07, 6.45) is 4.14. The van der Waals surface area contributed by atoms with Gasteiger partial charge in [-0.3, -0.25) is 0 Å². The van der Waals surface area contributed by atoms with Gasteiger partial charge in [0.05, 0.1) is 14.1 Å². The van der Waals surface area contributed by atoms with Crippen LogP contribution in [0, 0.1) is 6.92 Å². The number of nitrogens with zero attached hydrogens (tertiary/aromatic N) is 2. The number of rotatable bonds is 1. The second-order valence-electron chi connectivity index (χ2n) is 7.49. The normalized spacial score (nSPS) is 12.1. The molecule has 0 amide bonds. The Balaban J connectivity index is 1.85. The van der Waals surface area contributed by atoms with Gasteiger partial charge in [-0.15, -0.1) is 0 Å². The van der Waals surface area contributed by atoms with Crippen LogP contribution in [-0.2, 0) is 14.1 Å². The number of benzene rings is 3. The summed E-state index contributed by atoms with van der Waals surface area (Å²) in [5, 5.41) is 4.49. The molecule has 3 aromatic heterocycles. The van der Waals surface area contributed by atoms with Crippen molar-refractivity contribution in [1.82, 2.24) is 4.57 Å². The first-order chi connectivity index (χ1) is 13.6. The lowest BCUT2D eigenvalue weighted by molar-refractivity contribution is -0.659. The smallest absolute Gasteiger partial charge is 0.292 e. The zero-order valence-corrected chi connectivity index (χ0v) is 16.0. The van der Waals surface area contributed by atoms with Crippen LogP contribution in [0.25, 0.3) is 55.3 Å². The van der Waals surface area contributed by atoms with E-state index in [1.54, 1.807) is 0 Å². The predicted octanol–water partition coefficient (Wildman–Crippen LogP) is 5.62. The van der Waals surface area contributed by atoms with Crippen molar-refractivity contribution in [2.45, 2.75) is 6.92 Å². The predicted molar refractivity (Wildman–Crippen MR) is 111 cm³/mol. The van der Waals surface area contributed by atoms with Crippen LogP contribution in [-0.4, -0.2) is 4.57 Å². The largest absolute Gasteiger partial charge is 0.456 e. The summed E-state index contributed by atoms with van der Waals surface area (Å²) in [7, 11) is 4.14. The van der Waals surface area contributed by atoms with Gasteiger partial charge < -0.3 is 8.83 Å². The molecule has 6 aromatic rings. The molecule has 0 saturated carbocycles. The Morgan fingerprint density at radius 3 is 2.36 bits per heavy atom. The van der Waals surface area contributed by atoms with Crippen molar-refractivity contribution >= 4 is 43.9 Å². The van der Waals surface area contributed by atoms with Gasteiger partial charge in [-0.2, -0.15) is 0 Å². The van der Waals surface area contributed by atoms with E-state index in [1.165, 1.54) is 5.56 Å². The molecule has 0 bridgehead atoms. The maximum absolute atomic E-state index is 6.46. The Bertz CT molecular complexity index is 1530. The molecule has 0 atom stereocenters. The van der Waals surface area contributed by atoms with Gasteiger partial charge >= 0.3 is 0 Å². The lowest BCUT2D eigenvalue weighted by Gasteiger charge is -2.04. The number of aryl methyl sites for hydroxylation is 3. The van der Waals surface area contributed by atoms with Crippen LogP contribution >= 0.6 is 0 Å². The van der Waals surface area contributed by atoms with Crippen molar-refractivity contribution < 1.29 is 13.4 Å². The topological polar surface area (TPSA) is 35.1 Å². The highest BCUT2D eigenvalue weighted by Gasteiger charge is 2.24. The van der Waals surface area contributed by atoms with Crippen LogP contribution in [0.1, 0.15) is 5.56 Å². The minimum Gasteiger partial charge on any atom is -0.456 e. The lowest BCUT2D eigenvalue weighted by Crippen LogP contribution is -2.29. The van der Waals surface area contributed by atoms with Crippen LogP contribution in [0.5, 0.6) is 0 Å². The molecule has 0 N–H and O–H groups in total. The quantitative estimate of drug-likeness (QED) is 0.353. The van der Waals surface area contributed by atoms with Gasteiger partial charge in [0.25, 0.3) is 5.82 Å². The highest BCUT2D eigenvalue weighted by atomic mass is 16.3. The summed E-state index contributed by atoms with van der Waals surface area (Å²) in [6.45, 7) is 2.14. The van der Waals surface area contributed by atoms with Crippen molar-refractivity contribution in [2.75, 3.05) is 0 Å².